The van der Waals surface area contributed by atoms with Crippen molar-refractivity contribution < 1.29 is 4.74 Å². The van der Waals surface area contributed by atoms with Crippen LogP contribution in [0.25, 0.3) is 0 Å². The van der Waals surface area contributed by atoms with Gasteiger partial charge >= 0.3 is 0 Å². The predicted octanol–water partition coefficient (Wildman–Crippen LogP) is 2.24. The molecule has 0 amide bonds. The van der Waals surface area contributed by atoms with Gasteiger partial charge in [-0.25, -0.2) is 0 Å². The number of hydrogen-bond donors (Lipinski definition) is 0. The van der Waals surface area contributed by atoms with Crippen LogP contribution in [-0.2, 0) is 4.74 Å². The van der Waals surface area contributed by atoms with Gasteiger partial charge in [-0.05, 0) is 33.6 Å². The monoisotopic (exact) mass is 171 g/mol. The largest absolute Gasteiger partial charge is 0.363 e. The lowest BCUT2D eigenvalue weighted by Crippen LogP contribution is -2.50. The molecule has 3 atom stereocenters. The van der Waals surface area contributed by atoms with Crippen molar-refractivity contribution in [2.45, 2.75) is 58.8 Å². The summed E-state index contributed by atoms with van der Waals surface area (Å²) >= 11 is 0. The van der Waals surface area contributed by atoms with E-state index in [9.17, 15) is 0 Å². The maximum atomic E-state index is 5.61. The first-order chi connectivity index (χ1) is 5.66. The van der Waals surface area contributed by atoms with Crippen LogP contribution in [-0.4, -0.2) is 29.8 Å². The summed E-state index contributed by atoms with van der Waals surface area (Å²) in [4.78, 5) is 2.48. The Morgan fingerprint density at radius 1 is 1.50 bits per heavy atom. The molecule has 1 aliphatic rings. The van der Waals surface area contributed by atoms with E-state index in [0.717, 1.165) is 6.61 Å². The van der Waals surface area contributed by atoms with Crippen LogP contribution in [0.2, 0.25) is 0 Å². The summed E-state index contributed by atoms with van der Waals surface area (Å²) in [6, 6.07) is 1.33. The molecule has 0 aliphatic carbocycles. The number of hydrogen-bond acceptors (Lipinski definition) is 2. The Hall–Kier alpha value is -0.0800. The Kier molecular flexibility index (Phi) is 3.53. The fourth-order valence-corrected chi connectivity index (χ4v) is 2.01. The maximum absolute atomic E-state index is 5.61. The second-order valence-corrected chi connectivity index (χ2v) is 3.81. The Labute approximate surface area is 75.9 Å². The normalized spacial score (nSPS) is 35.0. The molecule has 2 nitrogen and oxygen atoms in total. The standard InChI is InChI=1S/C10H21NO/c1-5-8(2)11-9(3)6-7-12-10(11)4/h8-10H,5-7H2,1-4H3/t8?,9-,10?/m1/s1. The van der Waals surface area contributed by atoms with Gasteiger partial charge in [0.2, 0.25) is 0 Å². The van der Waals surface area contributed by atoms with Crippen molar-refractivity contribution in [3.8, 4) is 0 Å². The maximum Gasteiger partial charge on any atom is 0.108 e. The van der Waals surface area contributed by atoms with E-state index in [2.05, 4.69) is 32.6 Å². The van der Waals surface area contributed by atoms with Crippen LogP contribution in [0.1, 0.15) is 40.5 Å². The molecule has 72 valence electrons. The number of ether oxygens (including phenoxy) is 1. The molecule has 0 spiro atoms. The van der Waals surface area contributed by atoms with Gasteiger partial charge in [0.1, 0.15) is 6.23 Å². The molecule has 0 saturated carbocycles. The first-order valence-electron chi connectivity index (χ1n) is 5.05. The zero-order valence-corrected chi connectivity index (χ0v) is 8.71. The van der Waals surface area contributed by atoms with Gasteiger partial charge in [-0.15, -0.1) is 0 Å². The van der Waals surface area contributed by atoms with Crippen LogP contribution < -0.4 is 0 Å². The molecule has 1 aliphatic heterocycles. The van der Waals surface area contributed by atoms with Gasteiger partial charge in [0.15, 0.2) is 0 Å². The molecule has 1 saturated heterocycles. The van der Waals surface area contributed by atoms with Gasteiger partial charge in [-0.1, -0.05) is 6.92 Å². The van der Waals surface area contributed by atoms with Crippen molar-refractivity contribution in [2.75, 3.05) is 6.61 Å². The van der Waals surface area contributed by atoms with Crippen molar-refractivity contribution in [3.63, 3.8) is 0 Å². The molecule has 0 aromatic rings. The van der Waals surface area contributed by atoms with Crippen LogP contribution in [0.3, 0.4) is 0 Å². The van der Waals surface area contributed by atoms with Crippen molar-refractivity contribution >= 4 is 0 Å². The number of nitrogens with zero attached hydrogens (tertiary/aromatic N) is 1. The summed E-state index contributed by atoms with van der Waals surface area (Å²) in [6.07, 6.45) is 2.69. The second kappa shape index (κ2) is 4.24. The van der Waals surface area contributed by atoms with Crippen LogP contribution >= 0.6 is 0 Å². The molecule has 0 aromatic heterocycles. The highest BCUT2D eigenvalue weighted by Crippen LogP contribution is 2.20. The lowest BCUT2D eigenvalue weighted by atomic mass is 10.1. The van der Waals surface area contributed by atoms with Crippen molar-refractivity contribution in [3.05, 3.63) is 0 Å². The topological polar surface area (TPSA) is 12.5 Å². The summed E-state index contributed by atoms with van der Waals surface area (Å²) < 4.78 is 5.61. The molecule has 0 N–H and O–H groups in total. The Morgan fingerprint density at radius 2 is 2.17 bits per heavy atom. The average molecular weight is 171 g/mol. The predicted molar refractivity (Wildman–Crippen MR) is 51.1 cm³/mol. The van der Waals surface area contributed by atoms with Crippen LogP contribution in [0.5, 0.6) is 0 Å². The van der Waals surface area contributed by atoms with E-state index in [1.54, 1.807) is 0 Å². The quantitative estimate of drug-likeness (QED) is 0.632. The summed E-state index contributed by atoms with van der Waals surface area (Å²) in [5.41, 5.74) is 0. The highest BCUT2D eigenvalue weighted by atomic mass is 16.5. The van der Waals surface area contributed by atoms with E-state index >= 15 is 0 Å². The molecule has 1 fully saturated rings. The van der Waals surface area contributed by atoms with Crippen molar-refractivity contribution in [1.29, 1.82) is 0 Å². The van der Waals surface area contributed by atoms with Gasteiger partial charge in [0, 0.05) is 12.1 Å². The van der Waals surface area contributed by atoms with Crippen LogP contribution in [0.15, 0.2) is 0 Å². The molecule has 2 unspecified atom stereocenters. The fraction of sp³-hybridized carbons (Fsp3) is 1.00. The summed E-state index contributed by atoms with van der Waals surface area (Å²) in [7, 11) is 0. The minimum atomic E-state index is 0.309. The molecule has 0 aromatic carbocycles. The molecule has 1 rings (SSSR count). The lowest BCUT2D eigenvalue weighted by Gasteiger charge is -2.42. The van der Waals surface area contributed by atoms with E-state index in [0.29, 0.717) is 18.3 Å². The van der Waals surface area contributed by atoms with Gasteiger partial charge in [0.05, 0.1) is 6.61 Å². The van der Waals surface area contributed by atoms with E-state index in [-0.39, 0.29) is 0 Å². The van der Waals surface area contributed by atoms with Crippen molar-refractivity contribution in [1.82, 2.24) is 4.90 Å². The number of rotatable bonds is 2. The van der Waals surface area contributed by atoms with E-state index in [1.165, 1.54) is 12.8 Å². The third-order valence-electron chi connectivity index (χ3n) is 2.92. The lowest BCUT2D eigenvalue weighted by molar-refractivity contribution is -0.125. The third-order valence-corrected chi connectivity index (χ3v) is 2.92. The molecule has 12 heavy (non-hydrogen) atoms. The molecular weight excluding hydrogens is 150 g/mol. The first kappa shape index (κ1) is 10.0. The zero-order chi connectivity index (χ0) is 9.14. The first-order valence-corrected chi connectivity index (χ1v) is 5.05. The summed E-state index contributed by atoms with van der Waals surface area (Å²) in [5, 5.41) is 0. The van der Waals surface area contributed by atoms with Gasteiger partial charge in [-0.3, -0.25) is 4.90 Å². The molecule has 1 heterocycles. The Morgan fingerprint density at radius 3 is 2.67 bits per heavy atom. The van der Waals surface area contributed by atoms with Crippen LogP contribution in [0, 0.1) is 0 Å². The zero-order valence-electron chi connectivity index (χ0n) is 8.71. The highest BCUT2D eigenvalue weighted by molar-refractivity contribution is 4.77. The average Bonchev–Trinajstić information content (AvgIpc) is 2.03. The van der Waals surface area contributed by atoms with E-state index in [4.69, 9.17) is 4.74 Å². The van der Waals surface area contributed by atoms with Crippen molar-refractivity contribution in [2.24, 2.45) is 0 Å². The van der Waals surface area contributed by atoms with E-state index in [1.807, 2.05) is 0 Å². The summed E-state index contributed by atoms with van der Waals surface area (Å²) in [6.45, 7) is 9.89. The second-order valence-electron chi connectivity index (χ2n) is 3.81. The molecule has 0 bridgehead atoms. The minimum Gasteiger partial charge on any atom is -0.363 e. The molecular formula is C10H21NO. The molecule has 0 radical (unpaired) electrons. The van der Waals surface area contributed by atoms with Gasteiger partial charge in [-0.2, -0.15) is 0 Å². The van der Waals surface area contributed by atoms with E-state index < -0.39 is 0 Å². The third kappa shape index (κ3) is 1.99. The van der Waals surface area contributed by atoms with Gasteiger partial charge in [0.25, 0.3) is 0 Å². The Balaban J connectivity index is 2.56. The summed E-state index contributed by atoms with van der Waals surface area (Å²) in [5.74, 6) is 0. The van der Waals surface area contributed by atoms with Gasteiger partial charge < -0.3 is 4.74 Å². The molecule has 2 heteroatoms. The SMILES string of the molecule is CCC(C)N1C(C)OCC[C@H]1C. The highest BCUT2D eigenvalue weighted by Gasteiger charge is 2.28. The smallest absolute Gasteiger partial charge is 0.108 e. The fourth-order valence-electron chi connectivity index (χ4n) is 2.01. The minimum absolute atomic E-state index is 0.309. The van der Waals surface area contributed by atoms with Crippen LogP contribution in [0.4, 0.5) is 0 Å². The Bertz CT molecular complexity index is 122.